The number of benzene rings is 1. The molecule has 1 aromatic carbocycles. The lowest BCUT2D eigenvalue weighted by Crippen LogP contribution is -2.52. The van der Waals surface area contributed by atoms with Crippen molar-refractivity contribution in [2.75, 3.05) is 51.3 Å². The van der Waals surface area contributed by atoms with E-state index in [2.05, 4.69) is 28.6 Å². The average Bonchev–Trinajstić information content (AvgIpc) is 3.11. The maximum atomic E-state index is 13.0. The van der Waals surface area contributed by atoms with Crippen LogP contribution in [0.3, 0.4) is 0 Å². The molecule has 2 saturated heterocycles. The van der Waals surface area contributed by atoms with Crippen molar-refractivity contribution in [3.63, 3.8) is 0 Å². The number of piperazine rings is 1. The first kappa shape index (κ1) is 24.3. The van der Waals surface area contributed by atoms with E-state index in [1.165, 1.54) is 4.90 Å². The molecule has 1 atom stereocenters. The molecule has 0 saturated carbocycles. The number of rotatable bonds is 7. The van der Waals surface area contributed by atoms with E-state index in [0.29, 0.717) is 24.2 Å². The van der Waals surface area contributed by atoms with Crippen LogP contribution in [0.5, 0.6) is 0 Å². The number of imide groups is 1. The minimum Gasteiger partial charge on any atom is -0.500 e. The summed E-state index contributed by atoms with van der Waals surface area (Å²) in [5.74, 6) is 0.546. The first-order valence-corrected chi connectivity index (χ1v) is 12.0. The quantitative estimate of drug-likeness (QED) is 0.453. The molecule has 2 amide bonds. The van der Waals surface area contributed by atoms with Gasteiger partial charge in [-0.2, -0.15) is 0 Å². The Morgan fingerprint density at radius 2 is 1.76 bits per heavy atom. The van der Waals surface area contributed by atoms with Gasteiger partial charge in [0.2, 0.25) is 5.91 Å². The zero-order valence-corrected chi connectivity index (χ0v) is 20.3. The van der Waals surface area contributed by atoms with Gasteiger partial charge in [-0.1, -0.05) is 32.0 Å². The van der Waals surface area contributed by atoms with E-state index < -0.39 is 0 Å². The van der Waals surface area contributed by atoms with Crippen molar-refractivity contribution < 1.29 is 19.1 Å². The van der Waals surface area contributed by atoms with Crippen LogP contribution in [0.4, 0.5) is 5.69 Å². The number of carbonyl (C=O) groups excluding carboxylic acids is 3. The maximum absolute atomic E-state index is 13.0. The van der Waals surface area contributed by atoms with Crippen molar-refractivity contribution in [2.24, 2.45) is 10.4 Å². The van der Waals surface area contributed by atoms with E-state index in [1.54, 1.807) is 25.5 Å². The van der Waals surface area contributed by atoms with Crippen LogP contribution in [-0.4, -0.2) is 86.0 Å². The number of carbonyl (C=O) groups is 3. The first-order chi connectivity index (χ1) is 16.3. The molecule has 4 rings (SSSR count). The van der Waals surface area contributed by atoms with Gasteiger partial charge in [-0.25, -0.2) is 4.90 Å². The lowest BCUT2D eigenvalue weighted by molar-refractivity contribution is -0.123. The second-order valence-corrected chi connectivity index (χ2v) is 10.0. The van der Waals surface area contributed by atoms with Crippen LogP contribution in [0.1, 0.15) is 33.1 Å². The number of ether oxygens (including phenoxy) is 1. The number of para-hydroxylation sites is 1. The number of allylic oxidation sites excluding steroid dienone is 2. The van der Waals surface area contributed by atoms with Gasteiger partial charge >= 0.3 is 0 Å². The molecule has 8 heteroatoms. The number of hydrogen-bond donors (Lipinski definition) is 0. The molecule has 2 heterocycles. The Bertz CT molecular complexity index is 993. The second kappa shape index (κ2) is 10.2. The molecule has 182 valence electrons. The monoisotopic (exact) mass is 466 g/mol. The predicted molar refractivity (Wildman–Crippen MR) is 131 cm³/mol. The summed E-state index contributed by atoms with van der Waals surface area (Å²) in [6.45, 7) is 8.64. The highest BCUT2D eigenvalue weighted by molar-refractivity contribution is 6.22. The summed E-state index contributed by atoms with van der Waals surface area (Å²) in [4.78, 5) is 48.2. The molecule has 8 nitrogen and oxygen atoms in total. The van der Waals surface area contributed by atoms with Crippen molar-refractivity contribution >= 4 is 29.5 Å². The van der Waals surface area contributed by atoms with Crippen molar-refractivity contribution in [1.82, 2.24) is 9.80 Å². The summed E-state index contributed by atoms with van der Waals surface area (Å²) < 4.78 is 5.47. The number of amides is 2. The largest absolute Gasteiger partial charge is 0.500 e. The molecule has 0 unspecified atom stereocenters. The number of hydrogen-bond acceptors (Lipinski definition) is 7. The third kappa shape index (κ3) is 5.28. The van der Waals surface area contributed by atoms with Gasteiger partial charge in [0.05, 0.1) is 37.4 Å². The predicted octanol–water partition coefficient (Wildman–Crippen LogP) is 2.30. The SMILES string of the molecule is COC1=C(/C=N/CCN2CCN([C@H]3CC(=O)N(c4ccccc4)C3=O)CC2)C(=O)CC(C)(C)C1. The number of ketones is 1. The Morgan fingerprint density at radius 3 is 2.44 bits per heavy atom. The van der Waals surface area contributed by atoms with Gasteiger partial charge in [0, 0.05) is 51.8 Å². The van der Waals surface area contributed by atoms with Crippen LogP contribution >= 0.6 is 0 Å². The topological polar surface area (TPSA) is 82.5 Å². The van der Waals surface area contributed by atoms with Crippen molar-refractivity contribution in [2.45, 2.75) is 39.2 Å². The third-order valence-electron chi connectivity index (χ3n) is 6.88. The normalized spacial score (nSPS) is 24.5. The van der Waals surface area contributed by atoms with Crippen LogP contribution in [0, 0.1) is 5.41 Å². The number of methoxy groups -OCH3 is 1. The summed E-state index contributed by atoms with van der Waals surface area (Å²) in [7, 11) is 1.61. The molecule has 1 aliphatic carbocycles. The summed E-state index contributed by atoms with van der Waals surface area (Å²) in [6.07, 6.45) is 3.16. The number of Topliss-reactive ketones (excluding diaryl/α,β-unsaturated/α-hetero) is 1. The number of nitrogens with zero attached hydrogens (tertiary/aromatic N) is 4. The lowest BCUT2D eigenvalue weighted by Gasteiger charge is -2.36. The van der Waals surface area contributed by atoms with Gasteiger partial charge < -0.3 is 4.74 Å². The maximum Gasteiger partial charge on any atom is 0.251 e. The zero-order valence-electron chi connectivity index (χ0n) is 20.3. The molecule has 2 aliphatic heterocycles. The molecule has 34 heavy (non-hydrogen) atoms. The van der Waals surface area contributed by atoms with Crippen LogP contribution in [-0.2, 0) is 19.1 Å². The second-order valence-electron chi connectivity index (χ2n) is 10.0. The lowest BCUT2D eigenvalue weighted by atomic mass is 9.77. The van der Waals surface area contributed by atoms with E-state index in [9.17, 15) is 14.4 Å². The molecule has 0 radical (unpaired) electrons. The molecular weight excluding hydrogens is 432 g/mol. The Kier molecular flexibility index (Phi) is 7.28. The summed E-state index contributed by atoms with van der Waals surface area (Å²) in [5.41, 5.74) is 1.16. The molecule has 2 fully saturated rings. The third-order valence-corrected chi connectivity index (χ3v) is 6.88. The van der Waals surface area contributed by atoms with Crippen LogP contribution in [0.25, 0.3) is 0 Å². The van der Waals surface area contributed by atoms with E-state index in [0.717, 1.165) is 44.9 Å². The van der Waals surface area contributed by atoms with Crippen LogP contribution in [0.15, 0.2) is 46.7 Å². The fourth-order valence-electron chi connectivity index (χ4n) is 5.01. The van der Waals surface area contributed by atoms with Gasteiger partial charge in [0.15, 0.2) is 5.78 Å². The molecule has 3 aliphatic rings. The number of aliphatic imine (C=N–C) groups is 1. The number of anilines is 1. The van der Waals surface area contributed by atoms with Crippen LogP contribution < -0.4 is 4.90 Å². The molecule has 0 aromatic heterocycles. The van der Waals surface area contributed by atoms with Crippen molar-refractivity contribution in [1.29, 1.82) is 0 Å². The molecule has 0 bridgehead atoms. The smallest absolute Gasteiger partial charge is 0.251 e. The fourth-order valence-corrected chi connectivity index (χ4v) is 5.01. The van der Waals surface area contributed by atoms with Crippen molar-refractivity contribution in [3.8, 4) is 0 Å². The van der Waals surface area contributed by atoms with Gasteiger partial charge in [0.1, 0.15) is 5.76 Å². The molecule has 1 aromatic rings. The first-order valence-electron chi connectivity index (χ1n) is 12.0. The zero-order chi connectivity index (χ0) is 24.3. The Morgan fingerprint density at radius 1 is 1.06 bits per heavy atom. The Balaban J connectivity index is 1.26. The minimum atomic E-state index is -0.381. The summed E-state index contributed by atoms with van der Waals surface area (Å²) in [6, 6.07) is 8.75. The summed E-state index contributed by atoms with van der Waals surface area (Å²) in [5, 5.41) is 0. The fraction of sp³-hybridized carbons (Fsp3) is 0.538. The van der Waals surface area contributed by atoms with Gasteiger partial charge in [-0.05, 0) is 17.5 Å². The average molecular weight is 467 g/mol. The summed E-state index contributed by atoms with van der Waals surface area (Å²) >= 11 is 0. The Hall–Kier alpha value is -2.84. The van der Waals surface area contributed by atoms with Crippen molar-refractivity contribution in [3.05, 3.63) is 41.7 Å². The van der Waals surface area contributed by atoms with E-state index in [1.807, 2.05) is 18.2 Å². The van der Waals surface area contributed by atoms with Gasteiger partial charge in [0.25, 0.3) is 5.91 Å². The van der Waals surface area contributed by atoms with Gasteiger partial charge in [-0.15, -0.1) is 0 Å². The highest BCUT2D eigenvalue weighted by atomic mass is 16.5. The van der Waals surface area contributed by atoms with Crippen LogP contribution in [0.2, 0.25) is 0 Å². The highest BCUT2D eigenvalue weighted by Crippen LogP contribution is 2.36. The Labute approximate surface area is 201 Å². The molecular formula is C26H34N4O4. The van der Waals surface area contributed by atoms with E-state index in [-0.39, 0.29) is 35.5 Å². The van der Waals surface area contributed by atoms with E-state index in [4.69, 9.17) is 4.74 Å². The van der Waals surface area contributed by atoms with E-state index >= 15 is 0 Å². The van der Waals surface area contributed by atoms with Gasteiger partial charge in [-0.3, -0.25) is 29.2 Å². The standard InChI is InChI=1S/C26H34N4O4/c1-26(2)16-22(31)20(23(17-26)34-3)18-27-9-10-28-11-13-29(14-12-28)21-15-24(32)30(25(21)33)19-7-5-4-6-8-19/h4-8,18,21H,9-17H2,1-3H3/b27-18+/t21-/m0/s1. The molecule has 0 spiro atoms. The molecule has 0 N–H and O–H groups in total. The highest BCUT2D eigenvalue weighted by Gasteiger charge is 2.43. The minimum absolute atomic E-state index is 0.0805.